The first-order chi connectivity index (χ1) is 11.0. The van der Waals surface area contributed by atoms with Crippen LogP contribution in [0.3, 0.4) is 0 Å². The maximum absolute atomic E-state index is 13.0. The van der Waals surface area contributed by atoms with Gasteiger partial charge in [0.25, 0.3) is 5.91 Å². The summed E-state index contributed by atoms with van der Waals surface area (Å²) in [5.74, 6) is 0.0227. The van der Waals surface area contributed by atoms with Gasteiger partial charge in [0.2, 0.25) is 0 Å². The van der Waals surface area contributed by atoms with Crippen LogP contribution in [0.1, 0.15) is 23.7 Å². The molecule has 1 amide bonds. The highest BCUT2D eigenvalue weighted by atomic mass is 32.2. The molecule has 122 valence electrons. The third-order valence-electron chi connectivity index (χ3n) is 4.08. The Morgan fingerprint density at radius 2 is 2.00 bits per heavy atom. The quantitative estimate of drug-likeness (QED) is 0.830. The van der Waals surface area contributed by atoms with E-state index in [0.717, 1.165) is 0 Å². The number of sulfone groups is 1. The Morgan fingerprint density at radius 3 is 2.61 bits per heavy atom. The Morgan fingerprint density at radius 1 is 1.30 bits per heavy atom. The number of hydrogen-bond donors (Lipinski definition) is 0. The first-order valence-corrected chi connectivity index (χ1v) is 9.29. The van der Waals surface area contributed by atoms with Gasteiger partial charge in [0.05, 0.1) is 22.8 Å². The lowest BCUT2D eigenvalue weighted by Crippen LogP contribution is -2.41. The Bertz CT molecular complexity index is 802. The van der Waals surface area contributed by atoms with Crippen LogP contribution in [0.15, 0.2) is 36.9 Å². The minimum atomic E-state index is -3.04. The van der Waals surface area contributed by atoms with Crippen molar-refractivity contribution in [2.45, 2.75) is 19.4 Å². The highest BCUT2D eigenvalue weighted by Crippen LogP contribution is 2.22. The molecule has 0 radical (unpaired) electrons. The number of rotatable bonds is 4. The topological polar surface area (TPSA) is 85.2 Å². The second-order valence-corrected chi connectivity index (χ2v) is 7.76. The summed E-state index contributed by atoms with van der Waals surface area (Å²) in [6, 6.07) is 6.92. The summed E-state index contributed by atoms with van der Waals surface area (Å²) in [6.07, 6.45) is 3.56. The molecular weight excluding hydrogens is 316 g/mol. The van der Waals surface area contributed by atoms with Gasteiger partial charge >= 0.3 is 0 Å². The van der Waals surface area contributed by atoms with Gasteiger partial charge in [-0.1, -0.05) is 12.1 Å². The van der Waals surface area contributed by atoms with Crippen molar-refractivity contribution < 1.29 is 13.2 Å². The van der Waals surface area contributed by atoms with Crippen LogP contribution in [0, 0.1) is 0 Å². The van der Waals surface area contributed by atoms with E-state index in [1.165, 1.54) is 12.7 Å². The molecule has 1 aromatic carbocycles. The lowest BCUT2D eigenvalue weighted by Gasteiger charge is -2.27. The Balaban J connectivity index is 1.94. The summed E-state index contributed by atoms with van der Waals surface area (Å²) in [5.41, 5.74) is 1.19. The van der Waals surface area contributed by atoms with Crippen molar-refractivity contribution in [1.82, 2.24) is 19.7 Å². The smallest absolute Gasteiger partial charge is 0.256 e. The maximum atomic E-state index is 13.0. The number of amides is 1. The Kier molecular flexibility index (Phi) is 4.16. The number of carbonyl (C=O) groups excluding carboxylic acids is 1. The second-order valence-electron chi connectivity index (χ2n) is 5.53. The zero-order valence-corrected chi connectivity index (χ0v) is 13.6. The predicted octanol–water partition coefficient (Wildman–Crippen LogP) is 0.916. The van der Waals surface area contributed by atoms with E-state index in [4.69, 9.17) is 0 Å². The molecule has 1 aliphatic rings. The highest BCUT2D eigenvalue weighted by molar-refractivity contribution is 7.91. The largest absolute Gasteiger partial charge is 0.335 e. The minimum Gasteiger partial charge on any atom is -0.335 e. The summed E-state index contributed by atoms with van der Waals surface area (Å²) in [6.45, 7) is 2.33. The first kappa shape index (κ1) is 15.7. The molecule has 23 heavy (non-hydrogen) atoms. The van der Waals surface area contributed by atoms with E-state index in [0.29, 0.717) is 24.2 Å². The summed E-state index contributed by atoms with van der Waals surface area (Å²) >= 11 is 0. The number of para-hydroxylation sites is 1. The van der Waals surface area contributed by atoms with Crippen LogP contribution in [0.4, 0.5) is 0 Å². The lowest BCUT2D eigenvalue weighted by molar-refractivity contribution is 0.0708. The Hall–Kier alpha value is -2.22. The van der Waals surface area contributed by atoms with E-state index < -0.39 is 9.84 Å². The fourth-order valence-corrected chi connectivity index (χ4v) is 4.68. The van der Waals surface area contributed by atoms with Crippen molar-refractivity contribution in [3.05, 3.63) is 42.5 Å². The number of carbonyl (C=O) groups is 1. The van der Waals surface area contributed by atoms with Crippen LogP contribution in [-0.4, -0.2) is 58.1 Å². The molecule has 1 fully saturated rings. The van der Waals surface area contributed by atoms with E-state index in [1.807, 2.05) is 19.1 Å². The zero-order valence-electron chi connectivity index (χ0n) is 12.8. The molecular formula is C15H18N4O3S. The molecule has 0 unspecified atom stereocenters. The van der Waals surface area contributed by atoms with Gasteiger partial charge in [-0.2, -0.15) is 0 Å². The number of hydrogen-bond acceptors (Lipinski definition) is 5. The van der Waals surface area contributed by atoms with Crippen molar-refractivity contribution >= 4 is 15.7 Å². The predicted molar refractivity (Wildman–Crippen MR) is 85.1 cm³/mol. The summed E-state index contributed by atoms with van der Waals surface area (Å²) in [4.78, 5) is 14.6. The normalized spacial score (nSPS) is 19.6. The standard InChI is InChI=1S/C15H18N4O3S/c1-2-19(12-7-8-23(21,22)9-12)15(20)13-5-3-4-6-14(13)18-10-16-17-11-18/h3-6,10-12H,2,7-9H2,1H3/t12-/m1/s1. The first-order valence-electron chi connectivity index (χ1n) is 7.47. The molecule has 0 bridgehead atoms. The van der Waals surface area contributed by atoms with E-state index >= 15 is 0 Å². The molecule has 1 aliphatic heterocycles. The van der Waals surface area contributed by atoms with Crippen molar-refractivity contribution in [2.75, 3.05) is 18.1 Å². The van der Waals surface area contributed by atoms with Crippen molar-refractivity contribution in [3.8, 4) is 5.69 Å². The Labute approximate surface area is 134 Å². The second kappa shape index (κ2) is 6.11. The summed E-state index contributed by atoms with van der Waals surface area (Å²) < 4.78 is 25.1. The third-order valence-corrected chi connectivity index (χ3v) is 5.83. The molecule has 2 heterocycles. The van der Waals surface area contributed by atoms with Gasteiger partial charge in [0, 0.05) is 12.6 Å². The minimum absolute atomic E-state index is 0.0430. The van der Waals surface area contributed by atoms with E-state index in [9.17, 15) is 13.2 Å². The van der Waals surface area contributed by atoms with Crippen molar-refractivity contribution in [3.63, 3.8) is 0 Å². The molecule has 3 rings (SSSR count). The number of benzene rings is 1. The van der Waals surface area contributed by atoms with Gasteiger partial charge in [-0.05, 0) is 25.5 Å². The maximum Gasteiger partial charge on any atom is 0.256 e. The molecule has 0 saturated carbocycles. The molecule has 0 aliphatic carbocycles. The monoisotopic (exact) mass is 334 g/mol. The SMILES string of the molecule is CCN(C(=O)c1ccccc1-n1cnnc1)[C@@H]1CCS(=O)(=O)C1. The van der Waals surface area contributed by atoms with Crippen LogP contribution in [0.2, 0.25) is 0 Å². The fourth-order valence-electron chi connectivity index (χ4n) is 2.95. The molecule has 2 aromatic rings. The average molecular weight is 334 g/mol. The van der Waals surface area contributed by atoms with E-state index in [2.05, 4.69) is 10.2 Å². The van der Waals surface area contributed by atoms with E-state index in [1.54, 1.807) is 21.6 Å². The van der Waals surface area contributed by atoms with Crippen LogP contribution in [-0.2, 0) is 9.84 Å². The van der Waals surface area contributed by atoms with Gasteiger partial charge in [-0.15, -0.1) is 10.2 Å². The number of aromatic nitrogens is 3. The molecule has 8 heteroatoms. The van der Waals surface area contributed by atoms with Crippen molar-refractivity contribution in [2.24, 2.45) is 0 Å². The number of nitrogens with zero attached hydrogens (tertiary/aromatic N) is 4. The van der Waals surface area contributed by atoms with Crippen LogP contribution in [0.5, 0.6) is 0 Å². The van der Waals surface area contributed by atoms with Gasteiger partial charge in [0.1, 0.15) is 12.7 Å². The van der Waals surface area contributed by atoms with Gasteiger partial charge in [-0.3, -0.25) is 9.36 Å². The zero-order chi connectivity index (χ0) is 16.4. The molecule has 0 N–H and O–H groups in total. The highest BCUT2D eigenvalue weighted by Gasteiger charge is 2.34. The van der Waals surface area contributed by atoms with Gasteiger partial charge in [0.15, 0.2) is 9.84 Å². The third kappa shape index (κ3) is 3.12. The fraction of sp³-hybridized carbons (Fsp3) is 0.400. The summed E-state index contributed by atoms with van der Waals surface area (Å²) in [5, 5.41) is 7.54. The van der Waals surface area contributed by atoms with Crippen LogP contribution in [0.25, 0.3) is 5.69 Å². The van der Waals surface area contributed by atoms with Crippen LogP contribution >= 0.6 is 0 Å². The van der Waals surface area contributed by atoms with Gasteiger partial charge in [-0.25, -0.2) is 8.42 Å². The molecule has 7 nitrogen and oxygen atoms in total. The summed E-state index contributed by atoms with van der Waals surface area (Å²) in [7, 11) is -3.04. The molecule has 1 aromatic heterocycles. The molecule has 0 spiro atoms. The molecule has 1 saturated heterocycles. The van der Waals surface area contributed by atoms with Crippen molar-refractivity contribution in [1.29, 1.82) is 0 Å². The van der Waals surface area contributed by atoms with E-state index in [-0.39, 0.29) is 23.5 Å². The molecule has 1 atom stereocenters. The van der Waals surface area contributed by atoms with Crippen LogP contribution < -0.4 is 0 Å². The lowest BCUT2D eigenvalue weighted by atomic mass is 10.1. The average Bonchev–Trinajstić information content (AvgIpc) is 3.18. The van der Waals surface area contributed by atoms with Gasteiger partial charge < -0.3 is 4.90 Å².